The first-order chi connectivity index (χ1) is 14.6. The maximum Gasteiger partial charge on any atom is 0.165 e. The number of benzene rings is 2. The van der Waals surface area contributed by atoms with Crippen LogP contribution in [0.4, 0.5) is 0 Å². The molecule has 0 radical (unpaired) electrons. The van der Waals surface area contributed by atoms with Gasteiger partial charge in [-0.25, -0.2) is 0 Å². The molecule has 1 fully saturated rings. The van der Waals surface area contributed by atoms with Crippen LogP contribution in [0, 0.1) is 11.3 Å². The largest absolute Gasteiger partial charge is 0.385 e. The molecule has 0 aromatic heterocycles. The molecule has 1 saturated carbocycles. The molecule has 0 amide bonds. The first-order valence-corrected chi connectivity index (χ1v) is 11.3. The zero-order valence-corrected chi connectivity index (χ0v) is 17.9. The van der Waals surface area contributed by atoms with Crippen molar-refractivity contribution in [2.45, 2.75) is 58.0 Å². The number of aliphatic hydroxyl groups excluding tert-OH is 1. The van der Waals surface area contributed by atoms with Gasteiger partial charge in [0.15, 0.2) is 5.78 Å². The van der Waals surface area contributed by atoms with Gasteiger partial charge in [0.25, 0.3) is 0 Å². The second-order valence-electron chi connectivity index (χ2n) is 8.85. The maximum atomic E-state index is 13.1. The van der Waals surface area contributed by atoms with Gasteiger partial charge in [0.1, 0.15) is 6.10 Å². The van der Waals surface area contributed by atoms with Gasteiger partial charge in [-0.05, 0) is 48.0 Å². The number of ketones is 1. The number of Topliss-reactive ketones (excluding diaryl/α,β-unsaturated/α-hetero) is 1. The molecular formula is C28H32O2. The summed E-state index contributed by atoms with van der Waals surface area (Å²) in [5.41, 5.74) is 5.33. The van der Waals surface area contributed by atoms with E-state index >= 15 is 0 Å². The van der Waals surface area contributed by atoms with Crippen molar-refractivity contribution >= 4 is 16.9 Å². The van der Waals surface area contributed by atoms with E-state index in [0.29, 0.717) is 6.42 Å². The maximum absolute atomic E-state index is 13.1. The van der Waals surface area contributed by atoms with Gasteiger partial charge in [-0.2, -0.15) is 0 Å². The number of carbonyl (C=O) groups is 1. The predicted octanol–water partition coefficient (Wildman–Crippen LogP) is 6.46. The van der Waals surface area contributed by atoms with Crippen molar-refractivity contribution < 1.29 is 9.90 Å². The van der Waals surface area contributed by atoms with E-state index in [2.05, 4.69) is 49.9 Å². The highest BCUT2D eigenvalue weighted by atomic mass is 16.3. The molecule has 156 valence electrons. The van der Waals surface area contributed by atoms with Crippen molar-refractivity contribution in [3.63, 3.8) is 0 Å². The van der Waals surface area contributed by atoms with Gasteiger partial charge in [0.05, 0.1) is 0 Å². The van der Waals surface area contributed by atoms with Crippen molar-refractivity contribution in [3.05, 3.63) is 83.9 Å². The molecule has 0 spiro atoms. The molecule has 2 aliphatic carbocycles. The van der Waals surface area contributed by atoms with Gasteiger partial charge in [-0.3, -0.25) is 4.79 Å². The van der Waals surface area contributed by atoms with Crippen LogP contribution in [0.1, 0.15) is 63.0 Å². The molecule has 3 unspecified atom stereocenters. The third kappa shape index (κ3) is 3.48. The fourth-order valence-corrected chi connectivity index (χ4v) is 5.68. The van der Waals surface area contributed by atoms with Gasteiger partial charge in [-0.1, -0.05) is 99.0 Å². The smallest absolute Gasteiger partial charge is 0.165 e. The van der Waals surface area contributed by atoms with Gasteiger partial charge in [0.2, 0.25) is 0 Å². The van der Waals surface area contributed by atoms with E-state index in [1.165, 1.54) is 36.0 Å². The third-order valence-electron chi connectivity index (χ3n) is 7.09. The number of unbranched alkanes of at least 4 members (excludes halogenated alkanes) is 3. The Hall–Kier alpha value is -2.45. The molecule has 0 bridgehead atoms. The summed E-state index contributed by atoms with van der Waals surface area (Å²) in [6, 6.07) is 20.7. The second kappa shape index (κ2) is 8.73. The normalized spacial score (nSPS) is 25.6. The molecule has 4 rings (SSSR count). The Morgan fingerprint density at radius 1 is 1.03 bits per heavy atom. The summed E-state index contributed by atoms with van der Waals surface area (Å²) >= 11 is 0. The summed E-state index contributed by atoms with van der Waals surface area (Å²) in [5, 5.41) is 10.6. The molecule has 1 N–H and O–H groups in total. The summed E-state index contributed by atoms with van der Waals surface area (Å²) in [6.07, 6.45) is 6.13. The Morgan fingerprint density at radius 2 is 1.70 bits per heavy atom. The highest BCUT2D eigenvalue weighted by Crippen LogP contribution is 2.65. The first-order valence-electron chi connectivity index (χ1n) is 11.3. The van der Waals surface area contributed by atoms with Crippen molar-refractivity contribution in [3.8, 4) is 0 Å². The molecular weight excluding hydrogens is 368 g/mol. The fourth-order valence-electron chi connectivity index (χ4n) is 5.68. The number of carbonyl (C=O) groups excluding carboxylic acids is 1. The van der Waals surface area contributed by atoms with E-state index in [9.17, 15) is 9.90 Å². The Balaban J connectivity index is 1.84. The fraction of sp³-hybridized carbons (Fsp3) is 0.393. The van der Waals surface area contributed by atoms with Gasteiger partial charge >= 0.3 is 0 Å². The zero-order chi connectivity index (χ0) is 21.1. The number of allylic oxidation sites excluding steroid dienone is 3. The molecule has 30 heavy (non-hydrogen) atoms. The zero-order valence-electron chi connectivity index (χ0n) is 17.9. The monoisotopic (exact) mass is 400 g/mol. The predicted molar refractivity (Wildman–Crippen MR) is 124 cm³/mol. The molecule has 0 saturated heterocycles. The van der Waals surface area contributed by atoms with Crippen LogP contribution in [0.2, 0.25) is 0 Å². The Labute approximate surface area is 180 Å². The van der Waals surface area contributed by atoms with Gasteiger partial charge < -0.3 is 5.11 Å². The van der Waals surface area contributed by atoms with Crippen LogP contribution < -0.4 is 0 Å². The van der Waals surface area contributed by atoms with E-state index in [0.717, 1.165) is 30.4 Å². The third-order valence-corrected chi connectivity index (χ3v) is 7.09. The molecule has 2 aromatic carbocycles. The minimum absolute atomic E-state index is 0.0101. The SMILES string of the molecule is C=C(c1ccccc1)C12CC(O)C(=O)C1CC(CCCCCC)=C2c1ccccc1. The van der Waals surface area contributed by atoms with Crippen LogP contribution in [0.5, 0.6) is 0 Å². The summed E-state index contributed by atoms with van der Waals surface area (Å²) in [7, 11) is 0. The Bertz CT molecular complexity index is 941. The highest BCUT2D eigenvalue weighted by molar-refractivity contribution is 6.02. The van der Waals surface area contributed by atoms with Crippen molar-refractivity contribution in [2.24, 2.45) is 11.3 Å². The minimum Gasteiger partial charge on any atom is -0.385 e. The lowest BCUT2D eigenvalue weighted by molar-refractivity contribution is -0.127. The summed E-state index contributed by atoms with van der Waals surface area (Å²) in [4.78, 5) is 13.1. The molecule has 3 atom stereocenters. The molecule has 2 heteroatoms. The van der Waals surface area contributed by atoms with Gasteiger partial charge in [-0.15, -0.1) is 0 Å². The molecule has 2 nitrogen and oxygen atoms in total. The number of hydrogen-bond acceptors (Lipinski definition) is 2. The molecule has 2 aliphatic rings. The van der Waals surface area contributed by atoms with Crippen LogP contribution in [0.3, 0.4) is 0 Å². The average molecular weight is 401 g/mol. The van der Waals surface area contributed by atoms with E-state index in [1.807, 2.05) is 24.3 Å². The average Bonchev–Trinajstić information content (AvgIpc) is 3.23. The minimum atomic E-state index is -0.907. The molecule has 0 heterocycles. The number of aliphatic hydroxyl groups is 1. The summed E-state index contributed by atoms with van der Waals surface area (Å²) < 4.78 is 0. The lowest BCUT2D eigenvalue weighted by Gasteiger charge is -2.35. The summed E-state index contributed by atoms with van der Waals surface area (Å²) in [5.74, 6) is -0.222. The standard InChI is InChI=1S/C28H32O2/c1-3-4-5-8-17-23-18-24-27(30)25(29)19-28(24,20(2)21-13-9-6-10-14-21)26(23)22-15-11-7-12-16-22/h6-7,9-16,24-25,29H,2-5,8,17-19H2,1H3. The van der Waals surface area contributed by atoms with E-state index in [-0.39, 0.29) is 11.7 Å². The van der Waals surface area contributed by atoms with Crippen molar-refractivity contribution in [2.75, 3.05) is 0 Å². The van der Waals surface area contributed by atoms with Gasteiger partial charge in [0, 0.05) is 11.3 Å². The van der Waals surface area contributed by atoms with Crippen LogP contribution in [0.25, 0.3) is 11.1 Å². The highest BCUT2D eigenvalue weighted by Gasteiger charge is 2.60. The van der Waals surface area contributed by atoms with Crippen LogP contribution in [-0.2, 0) is 4.79 Å². The first kappa shape index (κ1) is 20.8. The molecule has 2 aromatic rings. The van der Waals surface area contributed by atoms with E-state index in [4.69, 9.17) is 0 Å². The van der Waals surface area contributed by atoms with Crippen molar-refractivity contribution in [1.82, 2.24) is 0 Å². The number of hydrogen-bond donors (Lipinski definition) is 1. The summed E-state index contributed by atoms with van der Waals surface area (Å²) in [6.45, 7) is 6.76. The second-order valence-corrected chi connectivity index (χ2v) is 8.85. The van der Waals surface area contributed by atoms with E-state index < -0.39 is 11.5 Å². The number of fused-ring (bicyclic) bond motifs is 1. The topological polar surface area (TPSA) is 37.3 Å². The Kier molecular flexibility index (Phi) is 6.06. The van der Waals surface area contributed by atoms with Crippen molar-refractivity contribution in [1.29, 1.82) is 0 Å². The van der Waals surface area contributed by atoms with Crippen LogP contribution in [-0.4, -0.2) is 17.0 Å². The lowest BCUT2D eigenvalue weighted by atomic mass is 9.66. The lowest BCUT2D eigenvalue weighted by Crippen LogP contribution is -2.27. The quantitative estimate of drug-likeness (QED) is 0.516. The van der Waals surface area contributed by atoms with E-state index in [1.54, 1.807) is 0 Å². The van der Waals surface area contributed by atoms with Crippen LogP contribution in [0.15, 0.2) is 72.8 Å². The Morgan fingerprint density at radius 3 is 2.37 bits per heavy atom. The number of rotatable bonds is 8. The van der Waals surface area contributed by atoms with Crippen LogP contribution >= 0.6 is 0 Å². The molecule has 0 aliphatic heterocycles.